The van der Waals surface area contributed by atoms with Crippen molar-refractivity contribution < 1.29 is 19.1 Å². The summed E-state index contributed by atoms with van der Waals surface area (Å²) >= 11 is 0. The third-order valence-electron chi connectivity index (χ3n) is 4.19. The van der Waals surface area contributed by atoms with Crippen LogP contribution in [0.25, 0.3) is 0 Å². The van der Waals surface area contributed by atoms with Crippen molar-refractivity contribution in [2.24, 2.45) is 0 Å². The second-order valence-corrected chi connectivity index (χ2v) is 5.71. The maximum atomic E-state index is 12.7. The maximum absolute atomic E-state index is 12.7. The molecule has 1 aliphatic rings. The molecular weight excluding hydrogens is 320 g/mol. The maximum Gasteiger partial charge on any atom is 0.332 e. The lowest BCUT2D eigenvalue weighted by Crippen LogP contribution is -2.37. The lowest BCUT2D eigenvalue weighted by molar-refractivity contribution is -0.126. The van der Waals surface area contributed by atoms with Crippen molar-refractivity contribution in [2.75, 3.05) is 18.6 Å². The zero-order valence-corrected chi connectivity index (χ0v) is 14.0. The van der Waals surface area contributed by atoms with Gasteiger partial charge in [0.2, 0.25) is 0 Å². The summed E-state index contributed by atoms with van der Waals surface area (Å²) in [6.07, 6.45) is 0. The van der Waals surface area contributed by atoms with Crippen LogP contribution in [0.2, 0.25) is 0 Å². The lowest BCUT2D eigenvalue weighted by Gasteiger charge is -2.19. The van der Waals surface area contributed by atoms with Crippen LogP contribution in [0.1, 0.15) is 17.3 Å². The Morgan fingerprint density at radius 3 is 2.36 bits per heavy atom. The lowest BCUT2D eigenvalue weighted by atomic mass is 10.1. The normalized spacial score (nSPS) is 17.1. The number of urea groups is 1. The molecule has 128 valence electrons. The number of carbonyl (C=O) groups excluding carboxylic acids is 3. The van der Waals surface area contributed by atoms with Gasteiger partial charge < -0.3 is 4.74 Å². The molecule has 1 saturated heterocycles. The highest BCUT2D eigenvalue weighted by Crippen LogP contribution is 2.26. The molecule has 2 aromatic carbocycles. The van der Waals surface area contributed by atoms with Crippen LogP contribution < -0.4 is 9.64 Å². The van der Waals surface area contributed by atoms with Crippen LogP contribution in [0.15, 0.2) is 54.6 Å². The quantitative estimate of drug-likeness (QED) is 0.621. The van der Waals surface area contributed by atoms with Crippen LogP contribution in [0.5, 0.6) is 5.75 Å². The van der Waals surface area contributed by atoms with Gasteiger partial charge in [-0.15, -0.1) is 0 Å². The Morgan fingerprint density at radius 1 is 1.04 bits per heavy atom. The first-order chi connectivity index (χ1) is 12.0. The van der Waals surface area contributed by atoms with E-state index in [9.17, 15) is 14.4 Å². The van der Waals surface area contributed by atoms with E-state index in [1.807, 2.05) is 6.07 Å². The molecule has 0 spiro atoms. The smallest absolute Gasteiger partial charge is 0.332 e. The van der Waals surface area contributed by atoms with Gasteiger partial charge in [-0.3, -0.25) is 19.4 Å². The van der Waals surface area contributed by atoms with E-state index < -0.39 is 18.0 Å². The molecule has 3 amide bonds. The monoisotopic (exact) mass is 338 g/mol. The van der Waals surface area contributed by atoms with Gasteiger partial charge in [-0.05, 0) is 31.2 Å². The summed E-state index contributed by atoms with van der Waals surface area (Å²) < 4.78 is 5.18. The summed E-state index contributed by atoms with van der Waals surface area (Å²) in [7, 11) is 1.47. The number of carbonyl (C=O) groups is 3. The molecule has 0 radical (unpaired) electrons. The predicted molar refractivity (Wildman–Crippen MR) is 92.8 cm³/mol. The average molecular weight is 338 g/mol. The fraction of sp³-hybridized carbons (Fsp3) is 0.211. The molecule has 1 heterocycles. The first kappa shape index (κ1) is 16.7. The van der Waals surface area contributed by atoms with Gasteiger partial charge in [0.1, 0.15) is 11.8 Å². The van der Waals surface area contributed by atoms with Crippen molar-refractivity contribution in [2.45, 2.75) is 13.0 Å². The van der Waals surface area contributed by atoms with Gasteiger partial charge >= 0.3 is 6.03 Å². The summed E-state index contributed by atoms with van der Waals surface area (Å²) in [5.74, 6) is -0.321. The van der Waals surface area contributed by atoms with Gasteiger partial charge in [-0.25, -0.2) is 4.79 Å². The van der Waals surface area contributed by atoms with Gasteiger partial charge in [0.15, 0.2) is 5.78 Å². The number of rotatable bonds is 5. The standard InChI is InChI=1S/C19H18N2O4/c1-13-18(23)20(19(24)21(13)14-8-4-3-5-9-14)12-16(22)15-10-6-7-11-17(15)25-2/h3-11,13H,12H2,1-2H3. The van der Waals surface area contributed by atoms with Crippen molar-refractivity contribution in [1.29, 1.82) is 0 Å². The number of hydrogen-bond acceptors (Lipinski definition) is 4. The van der Waals surface area contributed by atoms with Crippen molar-refractivity contribution in [3.63, 3.8) is 0 Å². The van der Waals surface area contributed by atoms with Gasteiger partial charge in [-0.1, -0.05) is 30.3 Å². The van der Waals surface area contributed by atoms with Gasteiger partial charge in [0.25, 0.3) is 5.91 Å². The number of hydrogen-bond donors (Lipinski definition) is 0. The Hall–Kier alpha value is -3.15. The van der Waals surface area contributed by atoms with Crippen LogP contribution >= 0.6 is 0 Å². The van der Waals surface area contributed by atoms with Crippen LogP contribution in [0.3, 0.4) is 0 Å². The number of benzene rings is 2. The number of ketones is 1. The number of amides is 3. The highest BCUT2D eigenvalue weighted by Gasteiger charge is 2.44. The summed E-state index contributed by atoms with van der Waals surface area (Å²) in [5.41, 5.74) is 0.969. The number of methoxy groups -OCH3 is 1. The van der Waals surface area contributed by atoms with E-state index >= 15 is 0 Å². The van der Waals surface area contributed by atoms with Gasteiger partial charge in [0, 0.05) is 5.69 Å². The molecule has 0 aliphatic carbocycles. The fourth-order valence-corrected chi connectivity index (χ4v) is 2.90. The third kappa shape index (κ3) is 2.98. The SMILES string of the molecule is COc1ccccc1C(=O)CN1C(=O)C(C)N(c2ccccc2)C1=O. The van der Waals surface area contributed by atoms with Crippen molar-refractivity contribution in [3.05, 3.63) is 60.2 Å². The number of nitrogens with zero attached hydrogens (tertiary/aromatic N) is 2. The molecule has 0 N–H and O–H groups in total. The van der Waals surface area contributed by atoms with E-state index in [0.717, 1.165) is 4.90 Å². The molecule has 1 unspecified atom stereocenters. The molecular formula is C19H18N2O4. The average Bonchev–Trinajstić information content (AvgIpc) is 2.85. The molecule has 2 aromatic rings. The predicted octanol–water partition coefficient (Wildman–Crippen LogP) is 2.74. The summed E-state index contributed by atoms with van der Waals surface area (Å²) in [5, 5.41) is 0. The third-order valence-corrected chi connectivity index (χ3v) is 4.19. The van der Waals surface area contributed by atoms with Crippen molar-refractivity contribution >= 4 is 23.4 Å². The van der Waals surface area contributed by atoms with E-state index in [1.54, 1.807) is 55.5 Å². The Labute approximate surface area is 145 Å². The largest absolute Gasteiger partial charge is 0.496 e. The van der Waals surface area contributed by atoms with Gasteiger partial charge in [-0.2, -0.15) is 0 Å². The van der Waals surface area contributed by atoms with E-state index in [2.05, 4.69) is 0 Å². The zero-order valence-electron chi connectivity index (χ0n) is 14.0. The second kappa shape index (κ2) is 6.76. The minimum atomic E-state index is -0.652. The topological polar surface area (TPSA) is 66.9 Å². The molecule has 1 atom stereocenters. The number of imide groups is 1. The first-order valence-electron chi connectivity index (χ1n) is 7.90. The minimum absolute atomic E-state index is 0.314. The molecule has 0 aromatic heterocycles. The molecule has 25 heavy (non-hydrogen) atoms. The van der Waals surface area contributed by atoms with Gasteiger partial charge in [0.05, 0.1) is 19.2 Å². The van der Waals surface area contributed by atoms with E-state index in [-0.39, 0.29) is 12.3 Å². The molecule has 6 nitrogen and oxygen atoms in total. The summed E-state index contributed by atoms with van der Waals surface area (Å²) in [6, 6.07) is 14.5. The molecule has 0 bridgehead atoms. The van der Waals surface area contributed by atoms with Crippen LogP contribution in [0.4, 0.5) is 10.5 Å². The number of ether oxygens (including phenoxy) is 1. The molecule has 0 saturated carbocycles. The zero-order chi connectivity index (χ0) is 18.0. The number of anilines is 1. The Morgan fingerprint density at radius 2 is 1.68 bits per heavy atom. The fourth-order valence-electron chi connectivity index (χ4n) is 2.90. The Balaban J connectivity index is 1.84. The Bertz CT molecular complexity index is 819. The molecule has 1 fully saturated rings. The molecule has 6 heteroatoms. The minimum Gasteiger partial charge on any atom is -0.496 e. The second-order valence-electron chi connectivity index (χ2n) is 5.71. The first-order valence-corrected chi connectivity index (χ1v) is 7.90. The van der Waals surface area contributed by atoms with Crippen LogP contribution in [0, 0.1) is 0 Å². The highest BCUT2D eigenvalue weighted by atomic mass is 16.5. The van der Waals surface area contributed by atoms with Crippen molar-refractivity contribution in [3.8, 4) is 5.75 Å². The summed E-state index contributed by atoms with van der Waals surface area (Å²) in [4.78, 5) is 40.2. The van der Waals surface area contributed by atoms with Crippen LogP contribution in [-0.4, -0.2) is 42.3 Å². The van der Waals surface area contributed by atoms with E-state index in [1.165, 1.54) is 12.0 Å². The highest BCUT2D eigenvalue weighted by molar-refractivity contribution is 6.16. The molecule has 1 aliphatic heterocycles. The molecule has 3 rings (SSSR count). The van der Waals surface area contributed by atoms with Crippen LogP contribution in [-0.2, 0) is 4.79 Å². The summed E-state index contributed by atoms with van der Waals surface area (Å²) in [6.45, 7) is 1.34. The van der Waals surface area contributed by atoms with Crippen molar-refractivity contribution in [1.82, 2.24) is 4.90 Å². The Kier molecular flexibility index (Phi) is 4.52. The number of Topliss-reactive ketones (excluding diaryl/α,β-unsaturated/α-hetero) is 1. The van der Waals surface area contributed by atoms with E-state index in [0.29, 0.717) is 17.0 Å². The van der Waals surface area contributed by atoms with E-state index in [4.69, 9.17) is 4.74 Å². The number of para-hydroxylation sites is 2.